The van der Waals surface area contributed by atoms with Crippen molar-refractivity contribution in [2.75, 3.05) is 0 Å². The van der Waals surface area contributed by atoms with Crippen molar-refractivity contribution in [3.05, 3.63) is 0 Å². The van der Waals surface area contributed by atoms with Gasteiger partial charge in [0.05, 0.1) is 0 Å². The van der Waals surface area contributed by atoms with Crippen molar-refractivity contribution in [1.82, 2.24) is 0 Å². The maximum atomic E-state index is 2.42. The van der Waals surface area contributed by atoms with E-state index >= 15 is 0 Å². The van der Waals surface area contributed by atoms with E-state index in [1.165, 1.54) is 44.9 Å². The molecular weight excluding hydrogens is 144 g/mol. The third kappa shape index (κ3) is 3.16. The monoisotopic (exact) mass is 168 g/mol. The predicted molar refractivity (Wildman–Crippen MR) is 55.3 cm³/mol. The Kier molecular flexibility index (Phi) is 3.61. The summed E-state index contributed by atoms with van der Waals surface area (Å²) in [5, 5.41) is 0. The summed E-state index contributed by atoms with van der Waals surface area (Å²) in [6.07, 6.45) is 10.2. The molecule has 1 atom stereocenters. The summed E-state index contributed by atoms with van der Waals surface area (Å²) < 4.78 is 0. The number of hydrogen-bond donors (Lipinski definition) is 0. The maximum Gasteiger partial charge on any atom is -0.0351 e. The van der Waals surface area contributed by atoms with Crippen LogP contribution in [0, 0.1) is 11.3 Å². The molecule has 0 N–H and O–H groups in total. The summed E-state index contributed by atoms with van der Waals surface area (Å²) in [6, 6.07) is 0. The van der Waals surface area contributed by atoms with Gasteiger partial charge >= 0.3 is 0 Å². The van der Waals surface area contributed by atoms with E-state index in [4.69, 9.17) is 0 Å². The zero-order valence-corrected chi connectivity index (χ0v) is 9.03. The Morgan fingerprint density at radius 3 is 2.50 bits per heavy atom. The summed E-state index contributed by atoms with van der Waals surface area (Å²) in [5.74, 6) is 1.06. The van der Waals surface area contributed by atoms with Gasteiger partial charge in [-0.2, -0.15) is 0 Å². The van der Waals surface area contributed by atoms with Crippen LogP contribution < -0.4 is 0 Å². The minimum absolute atomic E-state index is 0.664. The number of unbranched alkanes of at least 4 members (excludes halogenated alkanes) is 2. The fourth-order valence-corrected chi connectivity index (χ4v) is 2.51. The standard InChI is InChI=1S/C12H24/c1-4-5-6-7-11-8-9-12(2,3)10-11/h11H,4-10H2,1-3H3. The molecule has 1 saturated carbocycles. The lowest BCUT2D eigenvalue weighted by atomic mass is 9.89. The van der Waals surface area contributed by atoms with Crippen LogP contribution in [0.4, 0.5) is 0 Å². The molecule has 12 heavy (non-hydrogen) atoms. The van der Waals surface area contributed by atoms with Crippen molar-refractivity contribution in [1.29, 1.82) is 0 Å². The molecule has 0 heterocycles. The Bertz CT molecular complexity index is 124. The second kappa shape index (κ2) is 4.30. The van der Waals surface area contributed by atoms with Gasteiger partial charge in [0.1, 0.15) is 0 Å². The van der Waals surface area contributed by atoms with E-state index in [1.807, 2.05) is 0 Å². The van der Waals surface area contributed by atoms with E-state index in [2.05, 4.69) is 20.8 Å². The summed E-state index contributed by atoms with van der Waals surface area (Å²) >= 11 is 0. The predicted octanol–water partition coefficient (Wildman–Crippen LogP) is 4.39. The van der Waals surface area contributed by atoms with E-state index in [0.717, 1.165) is 5.92 Å². The smallest absolute Gasteiger partial charge is 0.0351 e. The first kappa shape index (κ1) is 10.1. The maximum absolute atomic E-state index is 2.42. The van der Waals surface area contributed by atoms with Gasteiger partial charge in [0.2, 0.25) is 0 Å². The van der Waals surface area contributed by atoms with Gasteiger partial charge in [-0.05, 0) is 30.6 Å². The van der Waals surface area contributed by atoms with Crippen molar-refractivity contribution in [2.45, 2.75) is 65.7 Å². The Balaban J connectivity index is 2.11. The molecule has 0 aliphatic heterocycles. The average Bonchev–Trinajstić information content (AvgIpc) is 2.31. The molecule has 0 heteroatoms. The van der Waals surface area contributed by atoms with Crippen LogP contribution in [0.5, 0.6) is 0 Å². The highest BCUT2D eigenvalue weighted by Gasteiger charge is 2.29. The van der Waals surface area contributed by atoms with E-state index < -0.39 is 0 Å². The fraction of sp³-hybridized carbons (Fsp3) is 1.00. The quantitative estimate of drug-likeness (QED) is 0.546. The molecule has 1 rings (SSSR count). The minimum Gasteiger partial charge on any atom is -0.0654 e. The van der Waals surface area contributed by atoms with Crippen molar-refractivity contribution in [2.24, 2.45) is 11.3 Å². The minimum atomic E-state index is 0.664. The molecule has 1 fully saturated rings. The zero-order chi connectivity index (χ0) is 9.03. The third-order valence-corrected chi connectivity index (χ3v) is 3.29. The van der Waals surface area contributed by atoms with Gasteiger partial charge in [0.25, 0.3) is 0 Å². The highest BCUT2D eigenvalue weighted by Crippen LogP contribution is 2.42. The average molecular weight is 168 g/mol. The molecule has 0 aromatic heterocycles. The summed E-state index contributed by atoms with van der Waals surface area (Å²) in [4.78, 5) is 0. The van der Waals surface area contributed by atoms with Crippen LogP contribution in [-0.2, 0) is 0 Å². The zero-order valence-electron chi connectivity index (χ0n) is 9.03. The third-order valence-electron chi connectivity index (χ3n) is 3.29. The lowest BCUT2D eigenvalue weighted by Gasteiger charge is -2.16. The van der Waals surface area contributed by atoms with E-state index in [9.17, 15) is 0 Å². The van der Waals surface area contributed by atoms with E-state index in [0.29, 0.717) is 5.41 Å². The highest BCUT2D eigenvalue weighted by atomic mass is 14.3. The largest absolute Gasteiger partial charge is 0.0654 e. The van der Waals surface area contributed by atoms with Crippen molar-refractivity contribution >= 4 is 0 Å². The number of rotatable bonds is 4. The molecular formula is C12H24. The molecule has 1 aliphatic rings. The van der Waals surface area contributed by atoms with Crippen LogP contribution in [0.2, 0.25) is 0 Å². The second-order valence-corrected chi connectivity index (χ2v) is 5.27. The molecule has 72 valence electrons. The Hall–Kier alpha value is 0. The van der Waals surface area contributed by atoms with Gasteiger partial charge in [0.15, 0.2) is 0 Å². The summed E-state index contributed by atoms with van der Waals surface area (Å²) in [7, 11) is 0. The SMILES string of the molecule is CCCCCC1CCC(C)(C)C1. The van der Waals surface area contributed by atoms with Crippen molar-refractivity contribution in [3.63, 3.8) is 0 Å². The molecule has 0 saturated heterocycles. The van der Waals surface area contributed by atoms with Gasteiger partial charge in [-0.3, -0.25) is 0 Å². The van der Waals surface area contributed by atoms with Crippen LogP contribution >= 0.6 is 0 Å². The molecule has 0 spiro atoms. The van der Waals surface area contributed by atoms with Crippen LogP contribution in [-0.4, -0.2) is 0 Å². The molecule has 0 aromatic rings. The van der Waals surface area contributed by atoms with E-state index in [1.54, 1.807) is 0 Å². The molecule has 0 amide bonds. The first-order valence-electron chi connectivity index (χ1n) is 5.64. The van der Waals surface area contributed by atoms with E-state index in [-0.39, 0.29) is 0 Å². The highest BCUT2D eigenvalue weighted by molar-refractivity contribution is 4.81. The summed E-state index contributed by atoms with van der Waals surface area (Å²) in [5.41, 5.74) is 0.664. The molecule has 0 bridgehead atoms. The van der Waals surface area contributed by atoms with Gasteiger partial charge in [0, 0.05) is 0 Å². The van der Waals surface area contributed by atoms with Gasteiger partial charge < -0.3 is 0 Å². The Morgan fingerprint density at radius 1 is 1.25 bits per heavy atom. The first-order valence-corrected chi connectivity index (χ1v) is 5.64. The van der Waals surface area contributed by atoms with Crippen LogP contribution in [0.15, 0.2) is 0 Å². The lowest BCUT2D eigenvalue weighted by Crippen LogP contribution is -2.05. The lowest BCUT2D eigenvalue weighted by molar-refractivity contribution is 0.350. The van der Waals surface area contributed by atoms with Crippen LogP contribution in [0.1, 0.15) is 65.7 Å². The molecule has 1 aliphatic carbocycles. The van der Waals surface area contributed by atoms with Crippen molar-refractivity contribution < 1.29 is 0 Å². The van der Waals surface area contributed by atoms with Crippen molar-refractivity contribution in [3.8, 4) is 0 Å². The first-order chi connectivity index (χ1) is 5.64. The normalized spacial score (nSPS) is 27.8. The summed E-state index contributed by atoms with van der Waals surface area (Å²) in [6.45, 7) is 7.14. The molecule has 0 radical (unpaired) electrons. The van der Waals surface area contributed by atoms with Gasteiger partial charge in [-0.25, -0.2) is 0 Å². The molecule has 0 nitrogen and oxygen atoms in total. The van der Waals surface area contributed by atoms with Gasteiger partial charge in [-0.1, -0.05) is 46.5 Å². The van der Waals surface area contributed by atoms with Crippen LogP contribution in [0.25, 0.3) is 0 Å². The Labute approximate surface area is 77.7 Å². The topological polar surface area (TPSA) is 0 Å². The molecule has 1 unspecified atom stereocenters. The van der Waals surface area contributed by atoms with Crippen LogP contribution in [0.3, 0.4) is 0 Å². The Morgan fingerprint density at radius 2 is 2.00 bits per heavy atom. The number of hydrogen-bond acceptors (Lipinski definition) is 0. The fourth-order valence-electron chi connectivity index (χ4n) is 2.51. The second-order valence-electron chi connectivity index (χ2n) is 5.27. The van der Waals surface area contributed by atoms with Gasteiger partial charge in [-0.15, -0.1) is 0 Å². The molecule has 0 aromatic carbocycles.